The quantitative estimate of drug-likeness (QED) is 0.775. The van der Waals surface area contributed by atoms with Gasteiger partial charge in [-0.25, -0.2) is 9.59 Å². The van der Waals surface area contributed by atoms with Gasteiger partial charge >= 0.3 is 12.1 Å². The maximum atomic E-state index is 12.5. The molecule has 0 radical (unpaired) electrons. The zero-order chi connectivity index (χ0) is 16.4. The van der Waals surface area contributed by atoms with Gasteiger partial charge in [-0.1, -0.05) is 13.5 Å². The fourth-order valence-electron chi connectivity index (χ4n) is 3.49. The lowest BCUT2D eigenvalue weighted by Crippen LogP contribution is -2.53. The van der Waals surface area contributed by atoms with Crippen LogP contribution in [0.1, 0.15) is 26.2 Å². The van der Waals surface area contributed by atoms with Crippen LogP contribution in [0.4, 0.5) is 9.59 Å². The van der Waals surface area contributed by atoms with Crippen molar-refractivity contribution in [2.24, 2.45) is 0 Å². The van der Waals surface area contributed by atoms with E-state index in [2.05, 4.69) is 6.58 Å². The Hall–Kier alpha value is -1.76. The first-order valence-electron chi connectivity index (χ1n) is 8.39. The average Bonchev–Trinajstić information content (AvgIpc) is 2.80. The number of hydrogen-bond acceptors (Lipinski definition) is 4. The summed E-state index contributed by atoms with van der Waals surface area (Å²) in [5.74, 6) is 0. The molecule has 0 N–H and O–H groups in total. The van der Waals surface area contributed by atoms with Crippen LogP contribution in [0.25, 0.3) is 0 Å². The first-order chi connectivity index (χ1) is 11.1. The van der Waals surface area contributed by atoms with Crippen molar-refractivity contribution in [2.75, 3.05) is 45.9 Å². The standard InChI is InChI=1S/C16H25N3O4/c1-3-6-19-13(2)16(23-15(19)21)4-7-17(8-5-16)14(20)18-9-11-22-12-10-18/h2-12H2,1H3. The summed E-state index contributed by atoms with van der Waals surface area (Å²) in [6.07, 6.45) is 1.80. The minimum atomic E-state index is -0.617. The Morgan fingerprint density at radius 1 is 1.17 bits per heavy atom. The van der Waals surface area contributed by atoms with E-state index in [9.17, 15) is 9.59 Å². The van der Waals surface area contributed by atoms with Crippen LogP contribution < -0.4 is 0 Å². The molecule has 0 aliphatic carbocycles. The van der Waals surface area contributed by atoms with Crippen LogP contribution in [-0.4, -0.2) is 78.4 Å². The molecule has 7 nitrogen and oxygen atoms in total. The highest BCUT2D eigenvalue weighted by Gasteiger charge is 2.50. The lowest BCUT2D eigenvalue weighted by molar-refractivity contribution is 0.00948. The van der Waals surface area contributed by atoms with Gasteiger partial charge in [0.2, 0.25) is 0 Å². The molecule has 128 valence electrons. The molecule has 3 fully saturated rings. The smallest absolute Gasteiger partial charge is 0.415 e. The molecule has 0 saturated carbocycles. The molecule has 0 atom stereocenters. The van der Waals surface area contributed by atoms with Crippen LogP contribution in [0.15, 0.2) is 12.3 Å². The molecule has 0 bridgehead atoms. The van der Waals surface area contributed by atoms with Crippen LogP contribution >= 0.6 is 0 Å². The predicted molar refractivity (Wildman–Crippen MR) is 83.9 cm³/mol. The van der Waals surface area contributed by atoms with Crippen LogP contribution in [-0.2, 0) is 9.47 Å². The first kappa shape index (κ1) is 16.1. The summed E-state index contributed by atoms with van der Waals surface area (Å²) in [4.78, 5) is 29.9. The number of rotatable bonds is 2. The monoisotopic (exact) mass is 323 g/mol. The lowest BCUT2D eigenvalue weighted by Gasteiger charge is -2.40. The van der Waals surface area contributed by atoms with Crippen LogP contribution in [0.2, 0.25) is 0 Å². The van der Waals surface area contributed by atoms with E-state index in [1.165, 1.54) is 0 Å². The Bertz CT molecular complexity index is 494. The van der Waals surface area contributed by atoms with Crippen LogP contribution in [0.5, 0.6) is 0 Å². The fraction of sp³-hybridized carbons (Fsp3) is 0.750. The molecule has 3 saturated heterocycles. The largest absolute Gasteiger partial charge is 0.436 e. The molecule has 3 amide bonds. The number of likely N-dealkylation sites (tertiary alicyclic amines) is 1. The second-order valence-electron chi connectivity index (χ2n) is 6.33. The minimum Gasteiger partial charge on any atom is -0.436 e. The Morgan fingerprint density at radius 3 is 2.39 bits per heavy atom. The van der Waals surface area contributed by atoms with Gasteiger partial charge in [0.1, 0.15) is 0 Å². The summed E-state index contributed by atoms with van der Waals surface area (Å²) >= 11 is 0. The van der Waals surface area contributed by atoms with Gasteiger partial charge in [-0.3, -0.25) is 4.90 Å². The number of piperidine rings is 1. The predicted octanol–water partition coefficient (Wildman–Crippen LogP) is 1.65. The second kappa shape index (κ2) is 6.39. The topological polar surface area (TPSA) is 62.3 Å². The van der Waals surface area contributed by atoms with E-state index < -0.39 is 5.60 Å². The van der Waals surface area contributed by atoms with Crippen molar-refractivity contribution in [3.63, 3.8) is 0 Å². The van der Waals surface area contributed by atoms with Gasteiger partial charge in [0.05, 0.1) is 18.9 Å². The molecule has 3 rings (SSSR count). The maximum Gasteiger partial charge on any atom is 0.415 e. The van der Waals surface area contributed by atoms with E-state index in [-0.39, 0.29) is 12.1 Å². The Labute approximate surface area is 136 Å². The molecule has 3 aliphatic rings. The Balaban J connectivity index is 1.61. The number of ether oxygens (including phenoxy) is 2. The van der Waals surface area contributed by atoms with E-state index in [4.69, 9.17) is 9.47 Å². The van der Waals surface area contributed by atoms with Crippen LogP contribution in [0, 0.1) is 0 Å². The highest BCUT2D eigenvalue weighted by molar-refractivity contribution is 5.76. The molecular weight excluding hydrogens is 298 g/mol. The third-order valence-electron chi connectivity index (χ3n) is 4.93. The van der Waals surface area contributed by atoms with Gasteiger partial charge in [0, 0.05) is 45.6 Å². The SMILES string of the molecule is C=C1N(CCC)C(=O)OC12CCN(C(=O)N1CCOCC1)CC2. The lowest BCUT2D eigenvalue weighted by atomic mass is 9.88. The van der Waals surface area contributed by atoms with Crippen molar-refractivity contribution in [3.8, 4) is 0 Å². The van der Waals surface area contributed by atoms with Gasteiger partial charge in [-0.05, 0) is 6.42 Å². The summed E-state index contributed by atoms with van der Waals surface area (Å²) in [5, 5.41) is 0. The van der Waals surface area contributed by atoms with Gasteiger partial charge in [0.15, 0.2) is 5.60 Å². The molecule has 0 aromatic carbocycles. The van der Waals surface area contributed by atoms with Crippen molar-refractivity contribution < 1.29 is 19.1 Å². The minimum absolute atomic E-state index is 0.0588. The third kappa shape index (κ3) is 2.89. The Morgan fingerprint density at radius 2 is 1.78 bits per heavy atom. The van der Waals surface area contributed by atoms with Crippen molar-refractivity contribution in [1.82, 2.24) is 14.7 Å². The van der Waals surface area contributed by atoms with E-state index in [1.54, 1.807) is 4.90 Å². The number of carbonyl (C=O) groups excluding carboxylic acids is 2. The molecule has 1 spiro atoms. The van der Waals surface area contributed by atoms with Gasteiger partial charge in [-0.2, -0.15) is 0 Å². The van der Waals surface area contributed by atoms with E-state index in [0.717, 1.165) is 12.1 Å². The summed E-state index contributed by atoms with van der Waals surface area (Å²) in [5.41, 5.74) is 0.136. The van der Waals surface area contributed by atoms with Crippen LogP contribution in [0.3, 0.4) is 0 Å². The number of nitrogens with zero attached hydrogens (tertiary/aromatic N) is 3. The third-order valence-corrected chi connectivity index (χ3v) is 4.93. The normalized spacial score (nSPS) is 24.3. The number of urea groups is 1. The zero-order valence-corrected chi connectivity index (χ0v) is 13.8. The van der Waals surface area contributed by atoms with Gasteiger partial charge < -0.3 is 19.3 Å². The summed E-state index contributed by atoms with van der Waals surface area (Å²) in [6.45, 7) is 10.4. The highest BCUT2D eigenvalue weighted by Crippen LogP contribution is 2.40. The average molecular weight is 323 g/mol. The van der Waals surface area contributed by atoms with Gasteiger partial charge in [0.25, 0.3) is 0 Å². The number of morpholine rings is 1. The number of hydrogen-bond donors (Lipinski definition) is 0. The molecule has 0 aromatic rings. The van der Waals surface area contributed by atoms with Crippen molar-refractivity contribution >= 4 is 12.1 Å². The number of amides is 3. The maximum absolute atomic E-state index is 12.5. The second-order valence-corrected chi connectivity index (χ2v) is 6.33. The molecule has 3 heterocycles. The highest BCUT2D eigenvalue weighted by atomic mass is 16.6. The summed E-state index contributed by atoms with van der Waals surface area (Å²) < 4.78 is 10.9. The Kier molecular flexibility index (Phi) is 4.48. The molecular formula is C16H25N3O4. The van der Waals surface area contributed by atoms with E-state index in [1.807, 2.05) is 16.7 Å². The van der Waals surface area contributed by atoms with Crippen molar-refractivity contribution in [2.45, 2.75) is 31.8 Å². The fourth-order valence-corrected chi connectivity index (χ4v) is 3.49. The zero-order valence-electron chi connectivity index (χ0n) is 13.8. The molecule has 0 unspecified atom stereocenters. The molecule has 3 aliphatic heterocycles. The molecule has 7 heteroatoms. The molecule has 23 heavy (non-hydrogen) atoms. The number of carbonyl (C=O) groups is 2. The van der Waals surface area contributed by atoms with E-state index >= 15 is 0 Å². The van der Waals surface area contributed by atoms with Crippen molar-refractivity contribution in [1.29, 1.82) is 0 Å². The van der Waals surface area contributed by atoms with Gasteiger partial charge in [-0.15, -0.1) is 0 Å². The first-order valence-corrected chi connectivity index (χ1v) is 8.39. The molecule has 0 aromatic heterocycles. The summed E-state index contributed by atoms with van der Waals surface area (Å²) in [6, 6.07) is 0.0588. The summed E-state index contributed by atoms with van der Waals surface area (Å²) in [7, 11) is 0. The van der Waals surface area contributed by atoms with E-state index in [0.29, 0.717) is 58.8 Å². The van der Waals surface area contributed by atoms with Crippen molar-refractivity contribution in [3.05, 3.63) is 12.3 Å².